The molecule has 1 heterocycles. The summed E-state index contributed by atoms with van der Waals surface area (Å²) in [6.07, 6.45) is -1.07. The number of nitrogens with one attached hydrogen (secondary N) is 1. The molecule has 2 aromatic carbocycles. The Morgan fingerprint density at radius 2 is 1.61 bits per heavy atom. The van der Waals surface area contributed by atoms with Crippen molar-refractivity contribution in [1.29, 1.82) is 5.26 Å². The van der Waals surface area contributed by atoms with Gasteiger partial charge in [0.15, 0.2) is 11.9 Å². The lowest BCUT2D eigenvalue weighted by molar-refractivity contribution is 0.0317. The van der Waals surface area contributed by atoms with E-state index < -0.39 is 17.9 Å². The summed E-state index contributed by atoms with van der Waals surface area (Å²) in [5.41, 5.74) is 3.72. The first-order valence-corrected chi connectivity index (χ1v) is 9.80. The molecule has 0 aliphatic heterocycles. The van der Waals surface area contributed by atoms with Gasteiger partial charge in [-0.05, 0) is 51.0 Å². The highest BCUT2D eigenvalue weighted by atomic mass is 16.5. The summed E-state index contributed by atoms with van der Waals surface area (Å²) in [6.45, 7) is 6.35. The summed E-state index contributed by atoms with van der Waals surface area (Å²) < 4.78 is 5.48. The molecule has 0 fully saturated rings. The first-order valence-electron chi connectivity index (χ1n) is 9.80. The Balaban J connectivity index is 1.90. The van der Waals surface area contributed by atoms with Crippen LogP contribution in [0.3, 0.4) is 0 Å². The molecule has 1 N–H and O–H groups in total. The van der Waals surface area contributed by atoms with E-state index in [1.165, 1.54) is 13.8 Å². The van der Waals surface area contributed by atoms with Gasteiger partial charge in [-0.25, -0.2) is 4.79 Å². The summed E-state index contributed by atoms with van der Waals surface area (Å²) in [5, 5.41) is 9.40. The molecule has 3 aromatic rings. The van der Waals surface area contributed by atoms with E-state index >= 15 is 0 Å². The number of hydrogen-bond acceptors (Lipinski definition) is 5. The molecule has 0 aliphatic carbocycles. The summed E-state index contributed by atoms with van der Waals surface area (Å²) in [4.78, 5) is 40.6. The summed E-state index contributed by atoms with van der Waals surface area (Å²) >= 11 is 0. The van der Waals surface area contributed by atoms with Gasteiger partial charge in [0.25, 0.3) is 0 Å². The summed E-state index contributed by atoms with van der Waals surface area (Å²) in [7, 11) is 0. The second kappa shape index (κ2) is 8.80. The molecular weight excluding hydrogens is 392 g/mol. The van der Waals surface area contributed by atoms with Crippen molar-refractivity contribution in [3.05, 3.63) is 82.2 Å². The Hall–Kier alpha value is -3.98. The van der Waals surface area contributed by atoms with Crippen molar-refractivity contribution in [2.24, 2.45) is 0 Å². The molecule has 1 aromatic heterocycles. The minimum absolute atomic E-state index is 0.139. The number of hydrogen-bond donors (Lipinski definition) is 1. The van der Waals surface area contributed by atoms with Gasteiger partial charge in [0.2, 0.25) is 5.78 Å². The summed E-state index contributed by atoms with van der Waals surface area (Å²) in [6, 6.07) is 15.9. The van der Waals surface area contributed by atoms with Crippen molar-refractivity contribution in [1.82, 2.24) is 4.98 Å². The number of H-pyrrole nitrogens is 1. The number of aryl methyl sites for hydroxylation is 1. The molecule has 156 valence electrons. The summed E-state index contributed by atoms with van der Waals surface area (Å²) in [5.74, 6) is -1.23. The quantitative estimate of drug-likeness (QED) is 0.461. The number of Topliss-reactive ketones (excluding diaryl/α,β-unsaturated/α-hetero) is 2. The zero-order valence-electron chi connectivity index (χ0n) is 17.8. The van der Waals surface area contributed by atoms with Crippen LogP contribution >= 0.6 is 0 Å². The fourth-order valence-electron chi connectivity index (χ4n) is 3.72. The van der Waals surface area contributed by atoms with E-state index in [-0.39, 0.29) is 17.0 Å². The molecule has 0 spiro atoms. The van der Waals surface area contributed by atoms with Gasteiger partial charge in [-0.15, -0.1) is 0 Å². The molecule has 31 heavy (non-hydrogen) atoms. The molecule has 1 atom stereocenters. The zero-order valence-corrected chi connectivity index (χ0v) is 17.8. The Morgan fingerprint density at radius 1 is 1.00 bits per heavy atom. The lowest BCUT2D eigenvalue weighted by atomic mass is 9.96. The van der Waals surface area contributed by atoms with Crippen LogP contribution in [0.4, 0.5) is 0 Å². The van der Waals surface area contributed by atoms with E-state index in [2.05, 4.69) is 11.1 Å². The smallest absolute Gasteiger partial charge is 0.339 e. The van der Waals surface area contributed by atoms with Crippen molar-refractivity contribution in [3.63, 3.8) is 0 Å². The van der Waals surface area contributed by atoms with Crippen LogP contribution in [0.1, 0.15) is 61.9 Å². The topological polar surface area (TPSA) is 100 Å². The van der Waals surface area contributed by atoms with Crippen LogP contribution in [0.25, 0.3) is 11.1 Å². The van der Waals surface area contributed by atoms with Crippen LogP contribution in [0.15, 0.2) is 48.5 Å². The van der Waals surface area contributed by atoms with Crippen LogP contribution in [-0.4, -0.2) is 28.6 Å². The lowest BCUT2D eigenvalue weighted by Gasteiger charge is -2.15. The van der Waals surface area contributed by atoms with Crippen molar-refractivity contribution in [2.45, 2.75) is 33.8 Å². The Morgan fingerprint density at radius 3 is 2.23 bits per heavy atom. The second-order valence-electron chi connectivity index (χ2n) is 7.30. The van der Waals surface area contributed by atoms with Gasteiger partial charge >= 0.3 is 5.97 Å². The van der Waals surface area contributed by atoms with Crippen LogP contribution in [-0.2, 0) is 4.74 Å². The molecule has 0 bridgehead atoms. The number of nitrogens with zero attached hydrogens (tertiary/aromatic N) is 1. The van der Waals surface area contributed by atoms with Gasteiger partial charge in [0.1, 0.15) is 0 Å². The van der Waals surface area contributed by atoms with Crippen LogP contribution < -0.4 is 0 Å². The van der Waals surface area contributed by atoms with Crippen molar-refractivity contribution < 1.29 is 19.1 Å². The third-order valence-corrected chi connectivity index (χ3v) is 5.17. The van der Waals surface area contributed by atoms with E-state index in [0.717, 1.165) is 0 Å². The van der Waals surface area contributed by atoms with Crippen molar-refractivity contribution in [2.75, 3.05) is 0 Å². The molecule has 6 heteroatoms. The van der Waals surface area contributed by atoms with Crippen molar-refractivity contribution in [3.8, 4) is 17.2 Å². The number of ether oxygens (including phenoxy) is 1. The van der Waals surface area contributed by atoms with E-state index in [4.69, 9.17) is 4.74 Å². The SMILES string of the molecule is CC(=O)c1c(C)[nH]c(C(=O)[C@@H](C)OC(=O)c2ccccc2-c2ccccc2C#N)c1C. The van der Waals surface area contributed by atoms with E-state index in [1.54, 1.807) is 62.4 Å². The van der Waals surface area contributed by atoms with E-state index in [9.17, 15) is 19.6 Å². The number of aromatic nitrogens is 1. The minimum atomic E-state index is -1.07. The fourth-order valence-corrected chi connectivity index (χ4v) is 3.72. The predicted octanol–water partition coefficient (Wildman–Crippen LogP) is 4.80. The Bertz CT molecular complexity index is 1230. The maximum Gasteiger partial charge on any atom is 0.339 e. The lowest BCUT2D eigenvalue weighted by Crippen LogP contribution is -2.25. The molecule has 0 saturated carbocycles. The number of nitriles is 1. The number of carbonyl (C=O) groups is 3. The van der Waals surface area contributed by atoms with E-state index in [0.29, 0.717) is 33.5 Å². The highest BCUT2D eigenvalue weighted by Gasteiger charge is 2.27. The fraction of sp³-hybridized carbons (Fsp3) is 0.200. The molecule has 0 amide bonds. The number of carbonyl (C=O) groups excluding carboxylic acids is 3. The van der Waals surface area contributed by atoms with Crippen LogP contribution in [0.5, 0.6) is 0 Å². The third kappa shape index (κ3) is 4.17. The highest BCUT2D eigenvalue weighted by molar-refractivity contribution is 6.06. The van der Waals surface area contributed by atoms with Crippen molar-refractivity contribution >= 4 is 17.5 Å². The van der Waals surface area contributed by atoms with Crippen LogP contribution in [0, 0.1) is 25.2 Å². The van der Waals surface area contributed by atoms with Crippen LogP contribution in [0.2, 0.25) is 0 Å². The molecule has 6 nitrogen and oxygen atoms in total. The third-order valence-electron chi connectivity index (χ3n) is 5.17. The average molecular weight is 414 g/mol. The van der Waals surface area contributed by atoms with Gasteiger partial charge in [0, 0.05) is 16.8 Å². The average Bonchev–Trinajstić information content (AvgIpc) is 3.06. The predicted molar refractivity (Wildman–Crippen MR) is 116 cm³/mol. The first-order chi connectivity index (χ1) is 14.8. The Labute approximate surface area is 180 Å². The molecule has 0 radical (unpaired) electrons. The number of esters is 1. The normalized spacial score (nSPS) is 11.5. The molecule has 3 rings (SSSR count). The standard InChI is InChI=1S/C25H22N2O4/c1-14-22(16(3)28)15(2)27-23(14)24(29)17(4)31-25(30)21-12-8-7-11-20(21)19-10-6-5-9-18(19)13-26/h5-12,17,27H,1-4H3/t17-/m1/s1. The second-order valence-corrected chi connectivity index (χ2v) is 7.30. The van der Waals surface area contributed by atoms with Gasteiger partial charge in [-0.1, -0.05) is 36.4 Å². The number of aromatic amines is 1. The molecule has 0 aliphatic rings. The number of benzene rings is 2. The number of ketones is 2. The largest absolute Gasteiger partial charge is 0.451 e. The number of rotatable bonds is 6. The highest BCUT2D eigenvalue weighted by Crippen LogP contribution is 2.28. The van der Waals surface area contributed by atoms with Gasteiger partial charge < -0.3 is 9.72 Å². The molecule has 0 unspecified atom stereocenters. The minimum Gasteiger partial charge on any atom is -0.451 e. The monoisotopic (exact) mass is 414 g/mol. The Kier molecular flexibility index (Phi) is 6.17. The van der Waals surface area contributed by atoms with E-state index in [1.807, 2.05) is 0 Å². The zero-order chi connectivity index (χ0) is 22.7. The van der Waals surface area contributed by atoms with Gasteiger partial charge in [-0.2, -0.15) is 5.26 Å². The maximum absolute atomic E-state index is 12.9. The van der Waals surface area contributed by atoms with Gasteiger partial charge in [-0.3, -0.25) is 9.59 Å². The maximum atomic E-state index is 12.9. The first kappa shape index (κ1) is 21.7. The van der Waals surface area contributed by atoms with Gasteiger partial charge in [0.05, 0.1) is 22.9 Å². The molecular formula is C25H22N2O4. The molecule has 0 saturated heterocycles.